The predicted octanol–water partition coefficient (Wildman–Crippen LogP) is 4.52. The molecule has 0 saturated carbocycles. The Morgan fingerprint density at radius 2 is 0.773 bits per heavy atom. The summed E-state index contributed by atoms with van der Waals surface area (Å²) in [6.45, 7) is 0. The van der Waals surface area contributed by atoms with E-state index in [-0.39, 0.29) is 0 Å². The van der Waals surface area contributed by atoms with Crippen molar-refractivity contribution >= 4 is 21.6 Å². The topological polar surface area (TPSA) is 36.9 Å². The summed E-state index contributed by atoms with van der Waals surface area (Å²) in [6, 6.07) is 11.6. The van der Waals surface area contributed by atoms with Gasteiger partial charge in [0.1, 0.15) is 23.0 Å². The molecule has 0 bridgehead atoms. The highest BCUT2D eigenvalue weighted by Gasteiger charge is 2.06. The smallest absolute Gasteiger partial charge is 0.123 e. The molecule has 6 heteroatoms. The summed E-state index contributed by atoms with van der Waals surface area (Å²) in [4.78, 5) is 2.09. The van der Waals surface area contributed by atoms with Gasteiger partial charge in [0.2, 0.25) is 0 Å². The lowest BCUT2D eigenvalue weighted by Gasteiger charge is -2.09. The first-order chi connectivity index (χ1) is 10.7. The highest BCUT2D eigenvalue weighted by Crippen LogP contribution is 2.42. The van der Waals surface area contributed by atoms with E-state index >= 15 is 0 Å². The van der Waals surface area contributed by atoms with Crippen molar-refractivity contribution in [3.63, 3.8) is 0 Å². The second-order valence-electron chi connectivity index (χ2n) is 4.26. The zero-order valence-corrected chi connectivity index (χ0v) is 14.5. The van der Waals surface area contributed by atoms with Gasteiger partial charge in [0, 0.05) is 21.9 Å². The second kappa shape index (κ2) is 8.10. The van der Waals surface area contributed by atoms with Gasteiger partial charge in [0.05, 0.1) is 28.4 Å². The highest BCUT2D eigenvalue weighted by atomic mass is 33.1. The van der Waals surface area contributed by atoms with Crippen LogP contribution in [0.25, 0.3) is 0 Å². The van der Waals surface area contributed by atoms with Gasteiger partial charge in [-0.2, -0.15) is 0 Å². The molecule has 0 aliphatic rings. The molecule has 0 atom stereocenters. The molecule has 0 amide bonds. The summed E-state index contributed by atoms with van der Waals surface area (Å²) in [6.07, 6.45) is 0. The van der Waals surface area contributed by atoms with E-state index in [2.05, 4.69) is 0 Å². The Morgan fingerprint density at radius 3 is 1.00 bits per heavy atom. The summed E-state index contributed by atoms with van der Waals surface area (Å²) in [5, 5.41) is 0. The van der Waals surface area contributed by atoms with E-state index in [1.807, 2.05) is 36.4 Å². The molecule has 118 valence electrons. The zero-order valence-electron chi connectivity index (χ0n) is 12.9. The van der Waals surface area contributed by atoms with Crippen LogP contribution in [-0.2, 0) is 0 Å². The SMILES string of the molecule is COc1cc(OC)cc(SSc2cc(OC)cc(OC)c2)c1. The van der Waals surface area contributed by atoms with Gasteiger partial charge >= 0.3 is 0 Å². The first-order valence-corrected chi connectivity index (χ1v) is 8.64. The van der Waals surface area contributed by atoms with E-state index in [0.29, 0.717) is 0 Å². The van der Waals surface area contributed by atoms with Crippen LogP contribution in [0.2, 0.25) is 0 Å². The quantitative estimate of drug-likeness (QED) is 0.691. The molecule has 0 saturated heterocycles. The van der Waals surface area contributed by atoms with Crippen molar-refractivity contribution in [2.75, 3.05) is 28.4 Å². The molecule has 0 spiro atoms. The Kier molecular flexibility index (Phi) is 6.15. The van der Waals surface area contributed by atoms with Gasteiger partial charge in [-0.3, -0.25) is 0 Å². The first-order valence-electron chi connectivity index (χ1n) is 6.49. The van der Waals surface area contributed by atoms with Crippen LogP contribution < -0.4 is 18.9 Å². The Balaban J connectivity index is 2.15. The molecule has 0 aliphatic heterocycles. The molecule has 4 nitrogen and oxygen atoms in total. The Morgan fingerprint density at radius 1 is 0.500 bits per heavy atom. The summed E-state index contributed by atoms with van der Waals surface area (Å²) in [7, 11) is 9.80. The van der Waals surface area contributed by atoms with Crippen molar-refractivity contribution in [2.45, 2.75) is 9.79 Å². The number of benzene rings is 2. The molecule has 0 radical (unpaired) electrons. The van der Waals surface area contributed by atoms with E-state index < -0.39 is 0 Å². The van der Waals surface area contributed by atoms with Crippen LogP contribution in [0.5, 0.6) is 23.0 Å². The summed E-state index contributed by atoms with van der Waals surface area (Å²) in [5.74, 6) is 3.08. The van der Waals surface area contributed by atoms with Gasteiger partial charge in [-0.1, -0.05) is 21.6 Å². The Hall–Kier alpha value is -1.66. The van der Waals surface area contributed by atoms with Gasteiger partial charge in [-0.25, -0.2) is 0 Å². The molecule has 0 unspecified atom stereocenters. The van der Waals surface area contributed by atoms with Crippen LogP contribution in [0.3, 0.4) is 0 Å². The average Bonchev–Trinajstić information content (AvgIpc) is 2.59. The second-order valence-corrected chi connectivity index (χ2v) is 6.54. The van der Waals surface area contributed by atoms with E-state index in [4.69, 9.17) is 18.9 Å². The summed E-state index contributed by atoms with van der Waals surface area (Å²) < 4.78 is 21.1. The van der Waals surface area contributed by atoms with Crippen LogP contribution in [0.1, 0.15) is 0 Å². The average molecular weight is 338 g/mol. The van der Waals surface area contributed by atoms with Crippen LogP contribution in [0.4, 0.5) is 0 Å². The van der Waals surface area contributed by atoms with Gasteiger partial charge in [0.15, 0.2) is 0 Å². The van der Waals surface area contributed by atoms with Crippen molar-refractivity contribution in [1.29, 1.82) is 0 Å². The molecule has 22 heavy (non-hydrogen) atoms. The molecule has 2 rings (SSSR count). The molecule has 0 aliphatic carbocycles. The number of methoxy groups -OCH3 is 4. The first kappa shape index (κ1) is 16.7. The summed E-state index contributed by atoms with van der Waals surface area (Å²) in [5.41, 5.74) is 0. The standard InChI is InChI=1S/C16H18O4S2/c1-17-11-5-12(18-2)8-15(7-11)21-22-16-9-13(19-3)6-14(10-16)20-4/h5-10H,1-4H3. The lowest BCUT2D eigenvalue weighted by molar-refractivity contribution is 0.392. The van der Waals surface area contributed by atoms with E-state index in [1.165, 1.54) is 0 Å². The number of rotatable bonds is 7. The fraction of sp³-hybridized carbons (Fsp3) is 0.250. The van der Waals surface area contributed by atoms with Crippen molar-refractivity contribution in [1.82, 2.24) is 0 Å². The summed E-state index contributed by atoms with van der Waals surface area (Å²) >= 11 is 0. The minimum atomic E-state index is 0.769. The lowest BCUT2D eigenvalue weighted by atomic mass is 10.3. The molecule has 2 aromatic carbocycles. The molecule has 0 heterocycles. The number of hydrogen-bond acceptors (Lipinski definition) is 6. The fourth-order valence-electron chi connectivity index (χ4n) is 1.76. The molecule has 2 aromatic rings. The molecule has 0 N–H and O–H groups in total. The maximum atomic E-state index is 5.28. The third-order valence-electron chi connectivity index (χ3n) is 2.88. The van der Waals surface area contributed by atoms with Gasteiger partial charge in [-0.05, 0) is 24.3 Å². The minimum absolute atomic E-state index is 0.769. The normalized spacial score (nSPS) is 10.2. The molecular weight excluding hydrogens is 320 g/mol. The predicted molar refractivity (Wildman–Crippen MR) is 90.8 cm³/mol. The Bertz CT molecular complexity index is 532. The van der Waals surface area contributed by atoms with E-state index in [0.717, 1.165) is 32.8 Å². The van der Waals surface area contributed by atoms with Gasteiger partial charge in [0.25, 0.3) is 0 Å². The van der Waals surface area contributed by atoms with Crippen LogP contribution in [0, 0.1) is 0 Å². The Labute approximate surface area is 138 Å². The zero-order chi connectivity index (χ0) is 15.9. The number of ether oxygens (including phenoxy) is 4. The van der Waals surface area contributed by atoms with Crippen molar-refractivity contribution in [3.8, 4) is 23.0 Å². The van der Waals surface area contributed by atoms with Crippen molar-refractivity contribution < 1.29 is 18.9 Å². The third kappa shape index (κ3) is 4.42. The van der Waals surface area contributed by atoms with Crippen LogP contribution >= 0.6 is 21.6 Å². The van der Waals surface area contributed by atoms with Crippen LogP contribution in [-0.4, -0.2) is 28.4 Å². The molecule has 0 fully saturated rings. The van der Waals surface area contributed by atoms with Crippen molar-refractivity contribution in [3.05, 3.63) is 36.4 Å². The maximum Gasteiger partial charge on any atom is 0.123 e. The highest BCUT2D eigenvalue weighted by molar-refractivity contribution is 8.76. The lowest BCUT2D eigenvalue weighted by Crippen LogP contribution is -1.88. The third-order valence-corrected chi connectivity index (χ3v) is 5.23. The van der Waals surface area contributed by atoms with Gasteiger partial charge < -0.3 is 18.9 Å². The van der Waals surface area contributed by atoms with Crippen LogP contribution in [0.15, 0.2) is 46.2 Å². The minimum Gasteiger partial charge on any atom is -0.497 e. The van der Waals surface area contributed by atoms with E-state index in [1.54, 1.807) is 50.0 Å². The van der Waals surface area contributed by atoms with Gasteiger partial charge in [-0.15, -0.1) is 0 Å². The fourth-order valence-corrected chi connectivity index (χ4v) is 3.76. The molecular formula is C16H18O4S2. The molecule has 0 aromatic heterocycles. The number of hydrogen-bond donors (Lipinski definition) is 0. The maximum absolute atomic E-state index is 5.28. The monoisotopic (exact) mass is 338 g/mol. The largest absolute Gasteiger partial charge is 0.497 e. The van der Waals surface area contributed by atoms with Crippen molar-refractivity contribution in [2.24, 2.45) is 0 Å². The van der Waals surface area contributed by atoms with E-state index in [9.17, 15) is 0 Å².